The molecule has 2 heterocycles. The molecule has 1 N–H and O–H groups in total. The minimum Gasteiger partial charge on any atom is -0.493 e. The SMILES string of the molecule is Cc1cc(OCC2(C)COC2)cc(C)c1-c1cccc(COc2ccc(-c3cc(=O)[nH]s3)cc2)c1C. The summed E-state index contributed by atoms with van der Waals surface area (Å²) in [5.41, 5.74) is 8.27. The van der Waals surface area contributed by atoms with E-state index < -0.39 is 0 Å². The number of rotatable bonds is 8. The molecule has 0 saturated carbocycles. The van der Waals surface area contributed by atoms with E-state index in [1.165, 1.54) is 39.3 Å². The molecule has 0 atom stereocenters. The number of aromatic nitrogens is 1. The maximum Gasteiger partial charge on any atom is 0.258 e. The molecule has 0 spiro atoms. The molecule has 0 amide bonds. The van der Waals surface area contributed by atoms with Crippen LogP contribution in [0.3, 0.4) is 0 Å². The Labute approximate surface area is 215 Å². The average Bonchev–Trinajstić information content (AvgIpc) is 3.28. The maximum atomic E-state index is 11.4. The van der Waals surface area contributed by atoms with Crippen molar-refractivity contribution in [1.82, 2.24) is 4.37 Å². The van der Waals surface area contributed by atoms with E-state index in [-0.39, 0.29) is 11.0 Å². The molecular formula is C30H31NO4S. The summed E-state index contributed by atoms with van der Waals surface area (Å²) >= 11 is 1.34. The van der Waals surface area contributed by atoms with E-state index in [0.717, 1.165) is 40.7 Å². The number of nitrogens with one attached hydrogen (secondary N) is 1. The first-order chi connectivity index (χ1) is 17.3. The quantitative estimate of drug-likeness (QED) is 0.292. The van der Waals surface area contributed by atoms with E-state index in [1.54, 1.807) is 6.07 Å². The molecule has 1 fully saturated rings. The van der Waals surface area contributed by atoms with E-state index in [9.17, 15) is 4.79 Å². The monoisotopic (exact) mass is 501 g/mol. The Morgan fingerprint density at radius 1 is 0.944 bits per heavy atom. The van der Waals surface area contributed by atoms with Crippen LogP contribution in [-0.4, -0.2) is 24.2 Å². The average molecular weight is 502 g/mol. The minimum absolute atomic E-state index is 0.0727. The molecule has 1 aromatic heterocycles. The van der Waals surface area contributed by atoms with Crippen molar-refractivity contribution in [3.05, 3.63) is 93.3 Å². The largest absolute Gasteiger partial charge is 0.493 e. The number of hydrogen-bond donors (Lipinski definition) is 1. The Bertz CT molecular complexity index is 1410. The molecule has 36 heavy (non-hydrogen) atoms. The van der Waals surface area contributed by atoms with Gasteiger partial charge in [0.15, 0.2) is 0 Å². The van der Waals surface area contributed by atoms with Gasteiger partial charge in [-0.15, -0.1) is 0 Å². The Balaban J connectivity index is 1.31. The van der Waals surface area contributed by atoms with Crippen molar-refractivity contribution in [1.29, 1.82) is 0 Å². The van der Waals surface area contributed by atoms with Crippen LogP contribution in [0.15, 0.2) is 65.5 Å². The minimum atomic E-state index is -0.0727. The van der Waals surface area contributed by atoms with Crippen molar-refractivity contribution in [2.45, 2.75) is 34.3 Å². The van der Waals surface area contributed by atoms with Gasteiger partial charge in [-0.2, -0.15) is 0 Å². The first-order valence-corrected chi connectivity index (χ1v) is 13.0. The predicted octanol–water partition coefficient (Wildman–Crippen LogP) is 6.69. The number of aromatic amines is 1. The summed E-state index contributed by atoms with van der Waals surface area (Å²) < 4.78 is 20.3. The molecule has 4 aromatic rings. The molecule has 0 radical (unpaired) electrons. The van der Waals surface area contributed by atoms with Gasteiger partial charge in [0.2, 0.25) is 0 Å². The van der Waals surface area contributed by atoms with Gasteiger partial charge >= 0.3 is 0 Å². The number of aryl methyl sites for hydroxylation is 2. The van der Waals surface area contributed by atoms with E-state index in [2.05, 4.69) is 62.4 Å². The summed E-state index contributed by atoms with van der Waals surface area (Å²) in [5.74, 6) is 1.71. The fourth-order valence-corrected chi connectivity index (χ4v) is 5.33. The van der Waals surface area contributed by atoms with Gasteiger partial charge in [0.1, 0.15) is 18.1 Å². The Kier molecular flexibility index (Phi) is 6.73. The third-order valence-electron chi connectivity index (χ3n) is 6.77. The van der Waals surface area contributed by atoms with Crippen molar-refractivity contribution in [3.8, 4) is 33.1 Å². The van der Waals surface area contributed by atoms with Crippen LogP contribution in [0.4, 0.5) is 0 Å². The molecule has 3 aromatic carbocycles. The zero-order valence-electron chi connectivity index (χ0n) is 21.1. The van der Waals surface area contributed by atoms with Gasteiger partial charge in [0.05, 0.1) is 24.7 Å². The van der Waals surface area contributed by atoms with Crippen molar-refractivity contribution in [2.24, 2.45) is 5.41 Å². The lowest BCUT2D eigenvalue weighted by Crippen LogP contribution is -2.44. The lowest BCUT2D eigenvalue weighted by Gasteiger charge is -2.37. The topological polar surface area (TPSA) is 60.6 Å². The first kappa shape index (κ1) is 24.3. The van der Waals surface area contributed by atoms with Gasteiger partial charge in [0, 0.05) is 11.5 Å². The molecule has 6 heteroatoms. The van der Waals surface area contributed by atoms with Crippen LogP contribution in [0.2, 0.25) is 0 Å². The normalized spacial score (nSPS) is 14.3. The molecular weight excluding hydrogens is 470 g/mol. The van der Waals surface area contributed by atoms with Crippen LogP contribution in [-0.2, 0) is 11.3 Å². The fourth-order valence-electron chi connectivity index (χ4n) is 4.64. The summed E-state index contributed by atoms with van der Waals surface area (Å²) in [5, 5.41) is 0. The second kappa shape index (κ2) is 9.96. The van der Waals surface area contributed by atoms with Crippen molar-refractivity contribution in [2.75, 3.05) is 19.8 Å². The Morgan fingerprint density at radius 3 is 2.28 bits per heavy atom. The molecule has 1 saturated heterocycles. The lowest BCUT2D eigenvalue weighted by molar-refractivity contribution is -0.120. The van der Waals surface area contributed by atoms with Crippen LogP contribution < -0.4 is 15.0 Å². The van der Waals surface area contributed by atoms with Crippen molar-refractivity contribution in [3.63, 3.8) is 0 Å². The molecule has 5 rings (SSSR count). The van der Waals surface area contributed by atoms with Crippen LogP contribution in [0.25, 0.3) is 21.6 Å². The molecule has 1 aliphatic rings. The Hall–Kier alpha value is -3.35. The summed E-state index contributed by atoms with van der Waals surface area (Å²) in [6.07, 6.45) is 0. The van der Waals surface area contributed by atoms with Gasteiger partial charge in [-0.3, -0.25) is 9.17 Å². The number of benzene rings is 3. The molecule has 5 nitrogen and oxygen atoms in total. The zero-order valence-corrected chi connectivity index (χ0v) is 22.0. The van der Waals surface area contributed by atoms with E-state index >= 15 is 0 Å². The molecule has 0 unspecified atom stereocenters. The molecule has 186 valence electrons. The number of ether oxygens (including phenoxy) is 3. The molecule has 0 bridgehead atoms. The van der Waals surface area contributed by atoms with E-state index in [1.807, 2.05) is 24.3 Å². The van der Waals surface area contributed by atoms with E-state index in [0.29, 0.717) is 13.2 Å². The van der Waals surface area contributed by atoms with Gasteiger partial charge in [-0.1, -0.05) is 36.7 Å². The van der Waals surface area contributed by atoms with Crippen molar-refractivity contribution >= 4 is 11.5 Å². The van der Waals surface area contributed by atoms with Gasteiger partial charge in [-0.05, 0) is 96.1 Å². The second-order valence-corrected chi connectivity index (χ2v) is 10.9. The fraction of sp³-hybridized carbons (Fsp3) is 0.300. The summed E-state index contributed by atoms with van der Waals surface area (Å²) in [6.45, 7) is 11.3. The summed E-state index contributed by atoms with van der Waals surface area (Å²) in [7, 11) is 0. The summed E-state index contributed by atoms with van der Waals surface area (Å²) in [6, 6.07) is 20.1. The highest BCUT2D eigenvalue weighted by Gasteiger charge is 2.34. The third-order valence-corrected chi connectivity index (χ3v) is 7.64. The summed E-state index contributed by atoms with van der Waals surface area (Å²) in [4.78, 5) is 12.3. The van der Waals surface area contributed by atoms with Gasteiger partial charge in [0.25, 0.3) is 5.56 Å². The number of hydrogen-bond acceptors (Lipinski definition) is 5. The maximum absolute atomic E-state index is 11.4. The number of H-pyrrole nitrogens is 1. The van der Waals surface area contributed by atoms with Gasteiger partial charge in [-0.25, -0.2) is 0 Å². The predicted molar refractivity (Wildman–Crippen MR) is 145 cm³/mol. The van der Waals surface area contributed by atoms with Crippen LogP contribution >= 0.6 is 11.5 Å². The van der Waals surface area contributed by atoms with Crippen LogP contribution in [0.5, 0.6) is 11.5 Å². The Morgan fingerprint density at radius 2 is 1.67 bits per heavy atom. The highest BCUT2D eigenvalue weighted by molar-refractivity contribution is 7.09. The first-order valence-electron chi connectivity index (χ1n) is 12.1. The van der Waals surface area contributed by atoms with E-state index in [4.69, 9.17) is 14.2 Å². The highest BCUT2D eigenvalue weighted by atomic mass is 32.1. The van der Waals surface area contributed by atoms with Crippen molar-refractivity contribution < 1.29 is 14.2 Å². The van der Waals surface area contributed by atoms with Gasteiger partial charge < -0.3 is 14.2 Å². The standard InChI is InChI=1S/C30H31NO4S/c1-19-12-25(35-18-30(4)16-33-17-30)13-20(2)29(19)26-7-5-6-23(21(26)3)15-34-24-10-8-22(9-11-24)27-14-28(32)31-36-27/h5-14H,15-18H2,1-4H3,(H,31,32). The smallest absolute Gasteiger partial charge is 0.258 e. The molecule has 1 aliphatic heterocycles. The highest BCUT2D eigenvalue weighted by Crippen LogP contribution is 2.35. The van der Waals surface area contributed by atoms with Crippen LogP contribution in [0.1, 0.15) is 29.2 Å². The second-order valence-electron chi connectivity index (χ2n) is 10.0. The molecule has 0 aliphatic carbocycles. The lowest BCUT2D eigenvalue weighted by atomic mass is 9.89. The zero-order chi connectivity index (χ0) is 25.3. The third kappa shape index (κ3) is 5.11. The van der Waals surface area contributed by atoms with Crippen LogP contribution in [0, 0.1) is 26.2 Å².